The summed E-state index contributed by atoms with van der Waals surface area (Å²) in [4.78, 5) is 59.5. The molecule has 0 aromatic heterocycles. The Kier molecular flexibility index (Phi) is 7.19. The third kappa shape index (κ3) is 5.04. The van der Waals surface area contributed by atoms with Crippen molar-refractivity contribution in [3.8, 4) is 11.5 Å². The molecule has 252 valence electrons. The number of hydrogen-bond acceptors (Lipinski definition) is 7. The predicted molar refractivity (Wildman–Crippen MR) is 195 cm³/mol. The Labute approximate surface area is 303 Å². The van der Waals surface area contributed by atoms with Crippen molar-refractivity contribution in [3.05, 3.63) is 121 Å². The first-order valence-electron chi connectivity index (χ1n) is 17.5. The molecule has 10 rings (SSSR count). The number of rotatable bonds is 8. The van der Waals surface area contributed by atoms with Gasteiger partial charge in [0.05, 0.1) is 35.0 Å². The van der Waals surface area contributed by atoms with Crippen LogP contribution < -0.4 is 14.5 Å². The van der Waals surface area contributed by atoms with Gasteiger partial charge in [-0.05, 0) is 134 Å². The topological polar surface area (TPSA) is 84.0 Å². The van der Waals surface area contributed by atoms with Crippen molar-refractivity contribution in [3.63, 3.8) is 0 Å². The Hall–Kier alpha value is -4.86. The van der Waals surface area contributed by atoms with Crippen molar-refractivity contribution in [2.75, 3.05) is 9.80 Å². The standard InChI is InChI=1S/C42H32N2O5S2/c45-39-35-23-1-2-24(21-23)36(35)40(46)43(39)27-5-13-31(14-6-27)50-33-17-9-29(10-18-33)49-30-11-19-34(20-12-30)51-32-15-7-28(8-16-32)44-41(47)37-25-3-4-26(22-25)38(37)42(44)48/h1-20,23-26,35-38H,21-22H2/t23-,24-,25-,26-,35-,36+,37-,38+/m0/s1. The van der Waals surface area contributed by atoms with E-state index >= 15 is 0 Å². The van der Waals surface area contributed by atoms with Crippen molar-refractivity contribution in [1.29, 1.82) is 0 Å². The van der Waals surface area contributed by atoms with Crippen LogP contribution in [0.4, 0.5) is 11.4 Å². The van der Waals surface area contributed by atoms with Crippen LogP contribution in [0.1, 0.15) is 12.8 Å². The first-order chi connectivity index (χ1) is 24.9. The number of amides is 4. The highest BCUT2D eigenvalue weighted by molar-refractivity contribution is 7.99. The van der Waals surface area contributed by atoms with Crippen LogP contribution in [-0.4, -0.2) is 23.6 Å². The molecule has 2 aliphatic heterocycles. The Bertz CT molecular complexity index is 1950. The number of ether oxygens (including phenoxy) is 1. The lowest BCUT2D eigenvalue weighted by Gasteiger charge is -2.17. The molecule has 4 amide bonds. The van der Waals surface area contributed by atoms with Crippen molar-refractivity contribution < 1.29 is 23.9 Å². The number of imide groups is 2. The van der Waals surface area contributed by atoms with Gasteiger partial charge in [0.2, 0.25) is 23.6 Å². The SMILES string of the molecule is O=C1[C@@H]2[C@H](C(=O)N1c1ccc(Sc3ccc(Oc4ccc(Sc5ccc(N6C(=O)[C@@H]7[C@H](C6=O)[C@H]6C=C[C@H]7C6)cc5)cc4)cc3)cc1)[C@H]1C=C[C@H]2C1. The second-order valence-corrected chi connectivity index (χ2v) is 16.6. The summed E-state index contributed by atoms with van der Waals surface area (Å²) >= 11 is 3.21. The summed E-state index contributed by atoms with van der Waals surface area (Å²) in [5.41, 5.74) is 1.29. The number of carbonyl (C=O) groups is 4. The van der Waals surface area contributed by atoms with E-state index in [1.165, 1.54) is 9.80 Å². The van der Waals surface area contributed by atoms with E-state index in [0.717, 1.165) is 43.9 Å². The van der Waals surface area contributed by atoms with Crippen LogP contribution in [0.15, 0.2) is 141 Å². The van der Waals surface area contributed by atoms with Gasteiger partial charge in [-0.1, -0.05) is 47.8 Å². The second-order valence-electron chi connectivity index (χ2n) is 14.3. The van der Waals surface area contributed by atoms with E-state index in [9.17, 15) is 19.2 Å². The zero-order valence-electron chi connectivity index (χ0n) is 27.3. The molecule has 4 fully saturated rings. The average molecular weight is 709 g/mol. The number of allylic oxidation sites excluding steroid dienone is 4. The Balaban J connectivity index is 0.736. The number of benzene rings is 4. The summed E-state index contributed by atoms with van der Waals surface area (Å²) in [7, 11) is 0. The zero-order chi connectivity index (χ0) is 34.4. The highest BCUT2D eigenvalue weighted by atomic mass is 32.2. The smallest absolute Gasteiger partial charge is 0.238 e. The van der Waals surface area contributed by atoms with E-state index < -0.39 is 0 Å². The highest BCUT2D eigenvalue weighted by Gasteiger charge is 2.60. The third-order valence-electron chi connectivity index (χ3n) is 11.5. The van der Waals surface area contributed by atoms with Crippen molar-refractivity contribution in [2.45, 2.75) is 32.4 Å². The van der Waals surface area contributed by atoms with Gasteiger partial charge >= 0.3 is 0 Å². The van der Waals surface area contributed by atoms with E-state index in [2.05, 4.69) is 24.3 Å². The van der Waals surface area contributed by atoms with E-state index in [-0.39, 0.29) is 71.0 Å². The molecule has 4 aromatic carbocycles. The Morgan fingerprint density at radius 2 is 0.686 bits per heavy atom. The summed E-state index contributed by atoms with van der Waals surface area (Å²) in [5, 5.41) is 0. The lowest BCUT2D eigenvalue weighted by molar-refractivity contribution is -0.124. The summed E-state index contributed by atoms with van der Waals surface area (Å²) in [6.45, 7) is 0. The van der Waals surface area contributed by atoms with Gasteiger partial charge in [-0.15, -0.1) is 0 Å². The van der Waals surface area contributed by atoms with Crippen LogP contribution in [-0.2, 0) is 19.2 Å². The molecule has 0 radical (unpaired) electrons. The molecule has 0 unspecified atom stereocenters. The molecule has 4 bridgehead atoms. The minimum atomic E-state index is -0.195. The molecule has 0 spiro atoms. The number of carbonyl (C=O) groups excluding carboxylic acids is 4. The van der Waals surface area contributed by atoms with Crippen molar-refractivity contribution in [1.82, 2.24) is 0 Å². The number of fused-ring (bicyclic) bond motifs is 10. The van der Waals surface area contributed by atoms with Crippen LogP contribution in [0.2, 0.25) is 0 Å². The molecule has 4 aromatic rings. The lowest BCUT2D eigenvalue weighted by Crippen LogP contribution is -2.32. The highest BCUT2D eigenvalue weighted by Crippen LogP contribution is 2.54. The first kappa shape index (κ1) is 30.9. The van der Waals surface area contributed by atoms with Crippen molar-refractivity contribution in [2.24, 2.45) is 47.3 Å². The van der Waals surface area contributed by atoms with Gasteiger partial charge in [-0.3, -0.25) is 29.0 Å². The lowest BCUT2D eigenvalue weighted by atomic mass is 9.85. The Morgan fingerprint density at radius 3 is 0.980 bits per heavy atom. The number of anilines is 2. The molecule has 2 saturated carbocycles. The molecule has 6 aliphatic rings. The van der Waals surface area contributed by atoms with Gasteiger partial charge in [0.25, 0.3) is 0 Å². The first-order valence-corrected chi connectivity index (χ1v) is 19.1. The quantitative estimate of drug-likeness (QED) is 0.134. The number of hydrogen-bond donors (Lipinski definition) is 0. The minimum Gasteiger partial charge on any atom is -0.457 e. The fourth-order valence-corrected chi connectivity index (χ4v) is 10.8. The summed E-state index contributed by atoms with van der Waals surface area (Å²) in [6, 6.07) is 31.1. The summed E-state index contributed by atoms with van der Waals surface area (Å²) in [6.07, 6.45) is 10.3. The van der Waals surface area contributed by atoms with E-state index in [4.69, 9.17) is 4.74 Å². The molecule has 0 N–H and O–H groups in total. The molecule has 51 heavy (non-hydrogen) atoms. The largest absolute Gasteiger partial charge is 0.457 e. The second kappa shape index (κ2) is 11.9. The molecular weight excluding hydrogens is 677 g/mol. The summed E-state index contributed by atoms with van der Waals surface area (Å²) < 4.78 is 6.11. The van der Waals surface area contributed by atoms with Gasteiger partial charge in [-0.2, -0.15) is 0 Å². The van der Waals surface area contributed by atoms with Gasteiger partial charge < -0.3 is 4.74 Å². The molecule has 8 atom stereocenters. The molecule has 2 heterocycles. The maximum absolute atomic E-state index is 13.2. The van der Waals surface area contributed by atoms with E-state index in [0.29, 0.717) is 11.4 Å². The van der Waals surface area contributed by atoms with Gasteiger partial charge in [-0.25, -0.2) is 0 Å². The van der Waals surface area contributed by atoms with Gasteiger partial charge in [0.1, 0.15) is 11.5 Å². The molecule has 4 aliphatic carbocycles. The van der Waals surface area contributed by atoms with Gasteiger partial charge in [0, 0.05) is 19.6 Å². The van der Waals surface area contributed by atoms with Crippen LogP contribution >= 0.6 is 23.5 Å². The van der Waals surface area contributed by atoms with E-state index in [1.807, 2.05) is 97.1 Å². The average Bonchev–Trinajstić information content (AvgIpc) is 4.01. The number of nitrogens with zero attached hydrogens (tertiary/aromatic N) is 2. The van der Waals surface area contributed by atoms with Crippen molar-refractivity contribution >= 4 is 58.5 Å². The molecule has 9 heteroatoms. The minimum absolute atomic E-state index is 0.0564. The monoisotopic (exact) mass is 708 g/mol. The maximum atomic E-state index is 13.2. The molecule has 7 nitrogen and oxygen atoms in total. The normalized spacial score (nSPS) is 29.5. The molecular formula is C42H32N2O5S2. The Morgan fingerprint density at radius 1 is 0.412 bits per heavy atom. The van der Waals surface area contributed by atoms with Crippen LogP contribution in [0.5, 0.6) is 11.5 Å². The van der Waals surface area contributed by atoms with Crippen LogP contribution in [0, 0.1) is 47.3 Å². The van der Waals surface area contributed by atoms with Crippen LogP contribution in [0.3, 0.4) is 0 Å². The fourth-order valence-electron chi connectivity index (χ4n) is 9.20. The zero-order valence-corrected chi connectivity index (χ0v) is 29.0. The summed E-state index contributed by atoms with van der Waals surface area (Å²) in [5.74, 6) is 1.26. The molecule has 2 saturated heterocycles. The fraction of sp³-hybridized carbons (Fsp3) is 0.238. The predicted octanol–water partition coefficient (Wildman–Crippen LogP) is 8.40. The maximum Gasteiger partial charge on any atom is 0.238 e. The van der Waals surface area contributed by atoms with Crippen LogP contribution in [0.25, 0.3) is 0 Å². The third-order valence-corrected chi connectivity index (χ3v) is 13.5. The van der Waals surface area contributed by atoms with Gasteiger partial charge in [0.15, 0.2) is 0 Å². The van der Waals surface area contributed by atoms with E-state index in [1.54, 1.807) is 23.5 Å².